The van der Waals surface area contributed by atoms with Gasteiger partial charge in [0.2, 0.25) is 0 Å². The Morgan fingerprint density at radius 3 is 2.54 bits per heavy atom. The van der Waals surface area contributed by atoms with E-state index in [1.165, 1.54) is 18.2 Å². The summed E-state index contributed by atoms with van der Waals surface area (Å²) in [6, 6.07) is 7.60. The molecule has 2 amide bonds. The number of carbonyl (C=O) groups excluding carboxylic acids is 2. The Kier molecular flexibility index (Phi) is 3.64. The molecule has 2 atom stereocenters. The molecule has 0 saturated carbocycles. The van der Waals surface area contributed by atoms with Crippen LogP contribution in [0, 0.1) is 11.6 Å². The molecule has 0 unspecified atom stereocenters. The number of halogens is 2. The van der Waals surface area contributed by atoms with E-state index in [0.29, 0.717) is 11.4 Å². The van der Waals surface area contributed by atoms with E-state index in [2.05, 4.69) is 10.3 Å². The van der Waals surface area contributed by atoms with Gasteiger partial charge >= 0.3 is 0 Å². The number of methoxy groups -OCH3 is 1. The molecule has 1 fully saturated rings. The molecule has 26 heavy (non-hydrogen) atoms. The standard InChI is InChI=1S/C17H12F2N4O3/c1-26-11-4-2-3-10(7-11)23-15-14(20-21-23)16(24)22(17(15)25)9-5-6-12(18)13(19)8-9/h2-8,14-15H,1H3/t14-,15-/m0/s1. The minimum atomic E-state index is -1.15. The Morgan fingerprint density at radius 1 is 1.00 bits per heavy atom. The first-order valence-electron chi connectivity index (χ1n) is 7.68. The van der Waals surface area contributed by atoms with Crippen LogP contribution in [0.2, 0.25) is 0 Å². The molecule has 2 aromatic rings. The average Bonchev–Trinajstić information content (AvgIpc) is 3.18. The van der Waals surface area contributed by atoms with Gasteiger partial charge in [0.25, 0.3) is 11.8 Å². The highest BCUT2D eigenvalue weighted by atomic mass is 19.2. The molecular weight excluding hydrogens is 346 g/mol. The third-order valence-corrected chi connectivity index (χ3v) is 4.26. The fourth-order valence-electron chi connectivity index (χ4n) is 3.00. The van der Waals surface area contributed by atoms with Crippen molar-refractivity contribution in [2.75, 3.05) is 17.0 Å². The number of hydrogen-bond donors (Lipinski definition) is 0. The minimum Gasteiger partial charge on any atom is -0.497 e. The summed E-state index contributed by atoms with van der Waals surface area (Å²) in [4.78, 5) is 26.2. The van der Waals surface area contributed by atoms with E-state index in [4.69, 9.17) is 4.74 Å². The summed E-state index contributed by atoms with van der Waals surface area (Å²) < 4.78 is 31.8. The summed E-state index contributed by atoms with van der Waals surface area (Å²) >= 11 is 0. The molecule has 2 aliphatic rings. The highest BCUT2D eigenvalue weighted by Crippen LogP contribution is 2.36. The zero-order valence-corrected chi connectivity index (χ0v) is 13.5. The van der Waals surface area contributed by atoms with Gasteiger partial charge in [0.1, 0.15) is 5.75 Å². The average molecular weight is 358 g/mol. The van der Waals surface area contributed by atoms with E-state index in [0.717, 1.165) is 17.0 Å². The van der Waals surface area contributed by atoms with Crippen molar-refractivity contribution in [3.63, 3.8) is 0 Å². The number of amides is 2. The third-order valence-electron chi connectivity index (χ3n) is 4.26. The number of rotatable bonds is 3. The van der Waals surface area contributed by atoms with Crippen LogP contribution >= 0.6 is 0 Å². The Hall–Kier alpha value is -3.36. The van der Waals surface area contributed by atoms with Gasteiger partial charge in [0.05, 0.1) is 18.5 Å². The molecule has 9 heteroatoms. The Balaban J connectivity index is 1.70. The molecule has 2 heterocycles. The van der Waals surface area contributed by atoms with Gasteiger partial charge in [0, 0.05) is 12.1 Å². The van der Waals surface area contributed by atoms with Crippen molar-refractivity contribution in [2.45, 2.75) is 12.1 Å². The van der Waals surface area contributed by atoms with Gasteiger partial charge in [0.15, 0.2) is 23.7 Å². The van der Waals surface area contributed by atoms with Crippen LogP contribution in [0.15, 0.2) is 52.8 Å². The first-order chi connectivity index (χ1) is 12.5. The maximum Gasteiger partial charge on any atom is 0.263 e. The van der Waals surface area contributed by atoms with E-state index in [1.807, 2.05) is 0 Å². The SMILES string of the molecule is COc1cccc(N2N=N[C@@H]3C(=O)N(c4ccc(F)c(F)c4)C(=O)[C@H]32)c1. The number of anilines is 2. The number of carbonyl (C=O) groups is 2. The van der Waals surface area contributed by atoms with Crippen LogP contribution in [0.4, 0.5) is 20.2 Å². The summed E-state index contributed by atoms with van der Waals surface area (Å²) in [6.45, 7) is 0. The van der Waals surface area contributed by atoms with Crippen LogP contribution in [-0.4, -0.2) is 31.0 Å². The normalized spacial score (nSPS) is 21.5. The number of benzene rings is 2. The Bertz CT molecular complexity index is 949. The Labute approximate surface area is 146 Å². The molecule has 0 N–H and O–H groups in total. The Morgan fingerprint density at radius 2 is 1.81 bits per heavy atom. The molecule has 1 saturated heterocycles. The van der Waals surface area contributed by atoms with Crippen molar-refractivity contribution in [3.8, 4) is 5.75 Å². The van der Waals surface area contributed by atoms with Crippen LogP contribution in [0.25, 0.3) is 0 Å². The zero-order chi connectivity index (χ0) is 18.4. The highest BCUT2D eigenvalue weighted by molar-refractivity contribution is 6.26. The summed E-state index contributed by atoms with van der Waals surface area (Å²) in [6.07, 6.45) is 0. The first-order valence-corrected chi connectivity index (χ1v) is 7.68. The van der Waals surface area contributed by atoms with Gasteiger partial charge < -0.3 is 4.74 Å². The monoisotopic (exact) mass is 358 g/mol. The van der Waals surface area contributed by atoms with Crippen LogP contribution in [-0.2, 0) is 9.59 Å². The fourth-order valence-corrected chi connectivity index (χ4v) is 3.00. The number of fused-ring (bicyclic) bond motifs is 1. The number of hydrogen-bond acceptors (Lipinski definition) is 6. The van der Waals surface area contributed by atoms with Crippen molar-refractivity contribution in [1.82, 2.24) is 0 Å². The van der Waals surface area contributed by atoms with Crippen molar-refractivity contribution >= 4 is 23.2 Å². The molecule has 0 spiro atoms. The second kappa shape index (κ2) is 5.87. The van der Waals surface area contributed by atoms with Crippen molar-refractivity contribution in [3.05, 3.63) is 54.1 Å². The van der Waals surface area contributed by atoms with Gasteiger partial charge in [-0.1, -0.05) is 11.3 Å². The van der Waals surface area contributed by atoms with E-state index < -0.39 is 35.5 Å². The lowest BCUT2D eigenvalue weighted by Crippen LogP contribution is -2.39. The summed E-state index contributed by atoms with van der Waals surface area (Å²) in [5.41, 5.74) is 0.475. The molecule has 132 valence electrons. The zero-order valence-electron chi connectivity index (χ0n) is 13.5. The van der Waals surface area contributed by atoms with E-state index in [9.17, 15) is 18.4 Å². The quantitative estimate of drug-likeness (QED) is 0.790. The largest absolute Gasteiger partial charge is 0.497 e. The van der Waals surface area contributed by atoms with Gasteiger partial charge in [-0.3, -0.25) is 9.59 Å². The van der Waals surface area contributed by atoms with Gasteiger partial charge in [-0.15, -0.1) is 0 Å². The second-order valence-corrected chi connectivity index (χ2v) is 5.75. The second-order valence-electron chi connectivity index (χ2n) is 5.75. The smallest absolute Gasteiger partial charge is 0.263 e. The first kappa shape index (κ1) is 16.1. The number of nitrogens with zero attached hydrogens (tertiary/aromatic N) is 4. The lowest BCUT2D eigenvalue weighted by Gasteiger charge is -2.21. The minimum absolute atomic E-state index is 0.0471. The summed E-state index contributed by atoms with van der Waals surface area (Å²) in [5.74, 6) is -2.91. The summed E-state index contributed by atoms with van der Waals surface area (Å²) in [7, 11) is 1.50. The molecule has 7 nitrogen and oxygen atoms in total. The van der Waals surface area contributed by atoms with E-state index in [1.54, 1.807) is 24.3 Å². The lowest BCUT2D eigenvalue weighted by molar-refractivity contribution is -0.121. The van der Waals surface area contributed by atoms with Crippen molar-refractivity contribution in [2.24, 2.45) is 10.3 Å². The van der Waals surface area contributed by atoms with Crippen LogP contribution < -0.4 is 14.6 Å². The molecule has 0 bridgehead atoms. The van der Waals surface area contributed by atoms with Crippen molar-refractivity contribution < 1.29 is 23.1 Å². The molecule has 2 aliphatic heterocycles. The fraction of sp³-hybridized carbons (Fsp3) is 0.176. The highest BCUT2D eigenvalue weighted by Gasteiger charge is 2.55. The predicted molar refractivity (Wildman–Crippen MR) is 86.8 cm³/mol. The molecule has 0 aromatic heterocycles. The maximum absolute atomic E-state index is 13.5. The van der Waals surface area contributed by atoms with Crippen LogP contribution in [0.5, 0.6) is 5.75 Å². The molecular formula is C17H12F2N4O3. The molecule has 0 radical (unpaired) electrons. The van der Waals surface area contributed by atoms with E-state index in [-0.39, 0.29) is 5.69 Å². The van der Waals surface area contributed by atoms with E-state index >= 15 is 0 Å². The van der Waals surface area contributed by atoms with Crippen LogP contribution in [0.3, 0.4) is 0 Å². The topological polar surface area (TPSA) is 74.6 Å². The van der Waals surface area contributed by atoms with Gasteiger partial charge in [-0.05, 0) is 24.3 Å². The molecule has 4 rings (SSSR count). The van der Waals surface area contributed by atoms with Gasteiger partial charge in [-0.2, -0.15) is 5.11 Å². The maximum atomic E-state index is 13.5. The van der Waals surface area contributed by atoms with Crippen LogP contribution in [0.1, 0.15) is 0 Å². The molecule has 0 aliphatic carbocycles. The predicted octanol–water partition coefficient (Wildman–Crippen LogP) is 2.47. The summed E-state index contributed by atoms with van der Waals surface area (Å²) in [5, 5.41) is 9.14. The number of ether oxygens (including phenoxy) is 1. The lowest BCUT2D eigenvalue weighted by atomic mass is 10.1. The number of imide groups is 1. The third kappa shape index (κ3) is 2.32. The van der Waals surface area contributed by atoms with Gasteiger partial charge in [-0.25, -0.2) is 18.7 Å². The van der Waals surface area contributed by atoms with Crippen molar-refractivity contribution in [1.29, 1.82) is 0 Å². The molecule has 2 aromatic carbocycles.